The number of carbonyl (C=O) groups is 1. The second kappa shape index (κ2) is 7.67. The lowest BCUT2D eigenvalue weighted by molar-refractivity contribution is -0.118. The molecule has 2 heterocycles. The van der Waals surface area contributed by atoms with Gasteiger partial charge in [0.15, 0.2) is 6.61 Å². The average molecular weight is 394 g/mol. The Morgan fingerprint density at radius 3 is 2.63 bits per heavy atom. The van der Waals surface area contributed by atoms with E-state index < -0.39 is 0 Å². The average Bonchev–Trinajstić information content (AvgIpc) is 3.22. The zero-order chi connectivity index (χ0) is 20.3. The predicted octanol–water partition coefficient (Wildman–Crippen LogP) is 4.57. The summed E-state index contributed by atoms with van der Waals surface area (Å²) < 4.78 is 7.51. The van der Waals surface area contributed by atoms with Gasteiger partial charge < -0.3 is 10.1 Å². The largest absolute Gasteiger partial charge is 0.484 e. The molecule has 2 aromatic heterocycles. The number of ether oxygens (including phenoxy) is 1. The zero-order valence-corrected chi connectivity index (χ0v) is 16.0. The summed E-state index contributed by atoms with van der Waals surface area (Å²) in [4.78, 5) is 21.0. The van der Waals surface area contributed by atoms with Crippen molar-refractivity contribution < 1.29 is 9.53 Å². The SMILES string of the molecule is O=C(COc1ccc2ccccc2c1)Nc1ccc(-c2cn3cccnc3n2)cc1. The molecule has 0 saturated carbocycles. The standard InChI is InChI=1S/C24H18N4O2/c29-23(16-30-21-11-8-17-4-1-2-5-19(17)14-21)26-20-9-6-18(7-10-20)22-15-28-13-3-12-25-24(28)27-22/h1-15H,16H2,(H,26,29). The van der Waals surface area contributed by atoms with Crippen molar-refractivity contribution in [2.24, 2.45) is 0 Å². The lowest BCUT2D eigenvalue weighted by Gasteiger charge is -2.09. The molecule has 6 nitrogen and oxygen atoms in total. The normalized spacial score (nSPS) is 10.9. The summed E-state index contributed by atoms with van der Waals surface area (Å²) in [6.45, 7) is -0.0573. The minimum absolute atomic E-state index is 0.0573. The summed E-state index contributed by atoms with van der Waals surface area (Å²) in [6, 6.07) is 23.2. The van der Waals surface area contributed by atoms with Gasteiger partial charge >= 0.3 is 0 Å². The fourth-order valence-corrected chi connectivity index (χ4v) is 3.30. The van der Waals surface area contributed by atoms with Crippen LogP contribution >= 0.6 is 0 Å². The van der Waals surface area contributed by atoms with Crippen LogP contribution in [0.25, 0.3) is 27.8 Å². The summed E-state index contributed by atoms with van der Waals surface area (Å²) in [6.07, 6.45) is 5.54. The van der Waals surface area contributed by atoms with Crippen LogP contribution in [0.2, 0.25) is 0 Å². The summed E-state index contributed by atoms with van der Waals surface area (Å²) >= 11 is 0. The van der Waals surface area contributed by atoms with Crippen LogP contribution in [-0.2, 0) is 4.79 Å². The Kier molecular flexibility index (Phi) is 4.57. The van der Waals surface area contributed by atoms with Crippen LogP contribution in [0.15, 0.2) is 91.4 Å². The van der Waals surface area contributed by atoms with Gasteiger partial charge in [-0.05, 0) is 41.1 Å². The molecular weight excluding hydrogens is 376 g/mol. The maximum absolute atomic E-state index is 12.3. The van der Waals surface area contributed by atoms with Crippen LogP contribution in [0, 0.1) is 0 Å². The third kappa shape index (κ3) is 3.71. The number of nitrogens with zero attached hydrogens (tertiary/aromatic N) is 3. The van der Waals surface area contributed by atoms with Crippen LogP contribution in [-0.4, -0.2) is 26.9 Å². The van der Waals surface area contributed by atoms with Gasteiger partial charge in [-0.15, -0.1) is 0 Å². The number of benzene rings is 3. The van der Waals surface area contributed by atoms with E-state index in [-0.39, 0.29) is 12.5 Å². The molecule has 5 aromatic rings. The van der Waals surface area contributed by atoms with Crippen LogP contribution in [0.5, 0.6) is 5.75 Å². The molecular formula is C24H18N4O2. The Balaban J connectivity index is 1.22. The Morgan fingerprint density at radius 1 is 0.967 bits per heavy atom. The topological polar surface area (TPSA) is 68.5 Å². The van der Waals surface area contributed by atoms with Crippen molar-refractivity contribution in [2.45, 2.75) is 0 Å². The number of imidazole rings is 1. The highest BCUT2D eigenvalue weighted by molar-refractivity contribution is 5.92. The summed E-state index contributed by atoms with van der Waals surface area (Å²) in [5.41, 5.74) is 2.48. The van der Waals surface area contributed by atoms with Crippen molar-refractivity contribution in [2.75, 3.05) is 11.9 Å². The van der Waals surface area contributed by atoms with E-state index in [0.29, 0.717) is 17.2 Å². The minimum Gasteiger partial charge on any atom is -0.484 e. The third-order valence-corrected chi connectivity index (χ3v) is 4.79. The highest BCUT2D eigenvalue weighted by atomic mass is 16.5. The first-order chi connectivity index (χ1) is 14.7. The maximum atomic E-state index is 12.3. The van der Waals surface area contributed by atoms with Gasteiger partial charge in [-0.25, -0.2) is 9.97 Å². The van der Waals surface area contributed by atoms with Crippen LogP contribution in [0.3, 0.4) is 0 Å². The molecule has 6 heteroatoms. The van der Waals surface area contributed by atoms with Crippen LogP contribution in [0.4, 0.5) is 5.69 Å². The van der Waals surface area contributed by atoms with Crippen LogP contribution < -0.4 is 10.1 Å². The lowest BCUT2D eigenvalue weighted by Crippen LogP contribution is -2.20. The fraction of sp³-hybridized carbons (Fsp3) is 0.0417. The summed E-state index contributed by atoms with van der Waals surface area (Å²) in [7, 11) is 0. The molecule has 0 radical (unpaired) electrons. The quantitative estimate of drug-likeness (QED) is 0.474. The highest BCUT2D eigenvalue weighted by Crippen LogP contribution is 2.22. The van der Waals surface area contributed by atoms with Crippen molar-refractivity contribution in [1.82, 2.24) is 14.4 Å². The third-order valence-electron chi connectivity index (χ3n) is 4.79. The molecule has 0 unspecified atom stereocenters. The maximum Gasteiger partial charge on any atom is 0.262 e. The van der Waals surface area contributed by atoms with E-state index >= 15 is 0 Å². The number of carbonyl (C=O) groups excluding carboxylic acids is 1. The first kappa shape index (κ1) is 17.9. The molecule has 30 heavy (non-hydrogen) atoms. The molecule has 5 rings (SSSR count). The van der Waals surface area contributed by atoms with Crippen molar-refractivity contribution in [3.8, 4) is 17.0 Å². The van der Waals surface area contributed by atoms with Crippen molar-refractivity contribution in [3.63, 3.8) is 0 Å². The summed E-state index contributed by atoms with van der Waals surface area (Å²) in [5.74, 6) is 1.10. The first-order valence-electron chi connectivity index (χ1n) is 9.56. The van der Waals surface area contributed by atoms with Gasteiger partial charge in [0.05, 0.1) is 5.69 Å². The lowest BCUT2D eigenvalue weighted by atomic mass is 10.1. The molecule has 0 spiro atoms. The van der Waals surface area contributed by atoms with E-state index in [2.05, 4.69) is 15.3 Å². The molecule has 0 saturated heterocycles. The number of rotatable bonds is 5. The van der Waals surface area contributed by atoms with E-state index in [1.807, 2.05) is 89.6 Å². The molecule has 0 fully saturated rings. The number of aromatic nitrogens is 3. The first-order valence-corrected chi connectivity index (χ1v) is 9.56. The predicted molar refractivity (Wildman–Crippen MR) is 116 cm³/mol. The molecule has 0 aliphatic heterocycles. The second-order valence-electron chi connectivity index (χ2n) is 6.88. The zero-order valence-electron chi connectivity index (χ0n) is 16.0. The van der Waals surface area contributed by atoms with Gasteiger partial charge in [-0.1, -0.05) is 42.5 Å². The van der Waals surface area contributed by atoms with Gasteiger partial charge in [0.1, 0.15) is 5.75 Å². The van der Waals surface area contributed by atoms with E-state index in [1.165, 1.54) is 0 Å². The Bertz CT molecular complexity index is 1310. The Hall–Kier alpha value is -4.19. The Morgan fingerprint density at radius 2 is 1.80 bits per heavy atom. The molecule has 3 aromatic carbocycles. The molecule has 0 bridgehead atoms. The smallest absolute Gasteiger partial charge is 0.262 e. The van der Waals surface area contributed by atoms with Crippen molar-refractivity contribution in [3.05, 3.63) is 91.4 Å². The monoisotopic (exact) mass is 394 g/mol. The number of amides is 1. The second-order valence-corrected chi connectivity index (χ2v) is 6.88. The van der Waals surface area contributed by atoms with Gasteiger partial charge in [0, 0.05) is 29.8 Å². The Labute approximate surface area is 172 Å². The van der Waals surface area contributed by atoms with E-state index in [1.54, 1.807) is 6.20 Å². The van der Waals surface area contributed by atoms with Gasteiger partial charge in [0.25, 0.3) is 5.91 Å². The van der Waals surface area contributed by atoms with Gasteiger partial charge in [-0.2, -0.15) is 0 Å². The van der Waals surface area contributed by atoms with Gasteiger partial charge in [-0.3, -0.25) is 9.20 Å². The highest BCUT2D eigenvalue weighted by Gasteiger charge is 2.07. The molecule has 0 atom stereocenters. The van der Waals surface area contributed by atoms with Crippen molar-refractivity contribution >= 4 is 28.1 Å². The number of fused-ring (bicyclic) bond motifs is 2. The molecule has 1 amide bonds. The number of hydrogen-bond acceptors (Lipinski definition) is 4. The molecule has 146 valence electrons. The number of nitrogens with one attached hydrogen (secondary N) is 1. The van der Waals surface area contributed by atoms with E-state index in [0.717, 1.165) is 22.0 Å². The number of hydrogen-bond donors (Lipinski definition) is 1. The van der Waals surface area contributed by atoms with Gasteiger partial charge in [0.2, 0.25) is 5.78 Å². The fourth-order valence-electron chi connectivity index (χ4n) is 3.30. The van der Waals surface area contributed by atoms with Crippen molar-refractivity contribution in [1.29, 1.82) is 0 Å². The molecule has 0 aliphatic rings. The number of anilines is 1. The van der Waals surface area contributed by atoms with E-state index in [4.69, 9.17) is 4.74 Å². The summed E-state index contributed by atoms with van der Waals surface area (Å²) in [5, 5.41) is 5.06. The molecule has 1 N–H and O–H groups in total. The van der Waals surface area contributed by atoms with E-state index in [9.17, 15) is 4.79 Å². The van der Waals surface area contributed by atoms with Crippen LogP contribution in [0.1, 0.15) is 0 Å². The minimum atomic E-state index is -0.215. The molecule has 0 aliphatic carbocycles.